The summed E-state index contributed by atoms with van der Waals surface area (Å²) in [5.74, 6) is 1.22. The molecule has 0 aliphatic rings. The molecule has 2 rings (SSSR count). The Labute approximate surface area is 217 Å². The fourth-order valence-corrected chi connectivity index (χ4v) is 10.5. The van der Waals surface area contributed by atoms with Crippen molar-refractivity contribution >= 4 is 12.4 Å². The van der Waals surface area contributed by atoms with Gasteiger partial charge in [0.1, 0.15) is 7.14 Å². The van der Waals surface area contributed by atoms with Crippen molar-refractivity contribution in [2.45, 2.75) is 139 Å². The number of hydrogen-bond acceptors (Lipinski definition) is 1. The summed E-state index contributed by atoms with van der Waals surface area (Å²) in [6.07, 6.45) is 0. The molecule has 2 aromatic rings. The summed E-state index contributed by atoms with van der Waals surface area (Å²) in [7, 11) is -2.88. The highest BCUT2D eigenvalue weighted by Crippen LogP contribution is 2.68. The van der Waals surface area contributed by atoms with Crippen LogP contribution >= 0.6 is 7.14 Å². The van der Waals surface area contributed by atoms with E-state index in [4.69, 9.17) is 0 Å². The predicted molar refractivity (Wildman–Crippen MR) is 160 cm³/mol. The Morgan fingerprint density at radius 3 is 1.26 bits per heavy atom. The van der Waals surface area contributed by atoms with Gasteiger partial charge in [0, 0.05) is 15.6 Å². The van der Waals surface area contributed by atoms with Crippen LogP contribution in [0.4, 0.5) is 0 Å². The largest absolute Gasteiger partial charge is 0.317 e. The van der Waals surface area contributed by atoms with Gasteiger partial charge in [0.05, 0.1) is 0 Å². The van der Waals surface area contributed by atoms with E-state index >= 15 is 4.57 Å². The van der Waals surface area contributed by atoms with Crippen molar-refractivity contribution in [2.24, 2.45) is 0 Å². The van der Waals surface area contributed by atoms with Gasteiger partial charge in [0.2, 0.25) is 0 Å². The lowest BCUT2D eigenvalue weighted by molar-refractivity contribution is 0.527. The van der Waals surface area contributed by atoms with E-state index in [1.165, 1.54) is 50.1 Å². The van der Waals surface area contributed by atoms with E-state index in [1.54, 1.807) is 0 Å². The van der Waals surface area contributed by atoms with Crippen LogP contribution in [0, 0.1) is 27.7 Å². The number of benzene rings is 2. The fraction of sp³-hybridized carbons (Fsp3) is 0.636. The molecule has 0 fully saturated rings. The summed E-state index contributed by atoms with van der Waals surface area (Å²) in [5, 5.41) is 0.415. The maximum Gasteiger partial charge on any atom is 0.126 e. The Morgan fingerprint density at radius 1 is 0.571 bits per heavy atom. The SMILES string of the molecule is Cc1c(C)c(C)c(P(=O)(C(C)(C)C)C(C)(C)C)c(-c2c(C(C)C)cc(C(C)C)cc2C(C)C)c1C. The zero-order chi connectivity index (χ0) is 27.4. The lowest BCUT2D eigenvalue weighted by atomic mass is 9.79. The van der Waals surface area contributed by atoms with Gasteiger partial charge < -0.3 is 4.57 Å². The summed E-state index contributed by atoms with van der Waals surface area (Å²) < 4.78 is 15.6. The highest BCUT2D eigenvalue weighted by molar-refractivity contribution is 7.74. The van der Waals surface area contributed by atoms with Gasteiger partial charge in [-0.1, -0.05) is 95.2 Å². The lowest BCUT2D eigenvalue weighted by Gasteiger charge is -2.44. The molecule has 0 atom stereocenters. The van der Waals surface area contributed by atoms with E-state index in [9.17, 15) is 0 Å². The highest BCUT2D eigenvalue weighted by atomic mass is 31.2. The zero-order valence-corrected chi connectivity index (χ0v) is 26.6. The van der Waals surface area contributed by atoms with Gasteiger partial charge in [-0.05, 0) is 95.5 Å². The van der Waals surface area contributed by atoms with Crippen LogP contribution in [0.2, 0.25) is 0 Å². The molecule has 2 heteroatoms. The predicted octanol–water partition coefficient (Wildman–Crippen LogP) is 10.5. The van der Waals surface area contributed by atoms with E-state index in [0.29, 0.717) is 17.8 Å². The van der Waals surface area contributed by atoms with Crippen molar-refractivity contribution < 1.29 is 4.57 Å². The minimum atomic E-state index is -2.88. The number of hydrogen-bond donors (Lipinski definition) is 0. The minimum Gasteiger partial charge on any atom is -0.317 e. The Balaban J connectivity index is 3.38. The topological polar surface area (TPSA) is 17.1 Å². The summed E-state index contributed by atoms with van der Waals surface area (Å²) in [6.45, 7) is 35.8. The maximum absolute atomic E-state index is 15.6. The third-order valence-electron chi connectivity index (χ3n) is 8.24. The van der Waals surface area contributed by atoms with Gasteiger partial charge in [-0.15, -0.1) is 0 Å². The molecule has 35 heavy (non-hydrogen) atoms. The third kappa shape index (κ3) is 4.97. The van der Waals surface area contributed by atoms with E-state index in [1.807, 2.05) is 0 Å². The summed E-state index contributed by atoms with van der Waals surface area (Å²) in [4.78, 5) is 0. The van der Waals surface area contributed by atoms with E-state index in [0.717, 1.165) is 5.30 Å². The monoisotopic (exact) mass is 496 g/mol. The average Bonchev–Trinajstić information content (AvgIpc) is 2.71. The standard InChI is InChI=1S/C33H53OP/c1-19(2)26-17-27(20(3)4)30(28(18-26)21(5)6)29-24(9)22(7)23(8)25(10)31(29)35(34,32(11,12)13)33(14,15)16/h17-21H,1-16H3. The van der Waals surface area contributed by atoms with Crippen LogP contribution in [0.3, 0.4) is 0 Å². The molecular formula is C33H53OP. The molecule has 0 spiro atoms. The Kier molecular flexibility index (Phi) is 8.42. The second-order valence-electron chi connectivity index (χ2n) is 13.7. The van der Waals surface area contributed by atoms with E-state index < -0.39 is 7.14 Å². The Morgan fingerprint density at radius 2 is 0.943 bits per heavy atom. The van der Waals surface area contributed by atoms with Crippen molar-refractivity contribution in [3.8, 4) is 11.1 Å². The fourth-order valence-electron chi connectivity index (χ4n) is 5.91. The Hall–Kier alpha value is -1.33. The molecule has 0 aromatic heterocycles. The zero-order valence-electron chi connectivity index (χ0n) is 25.7. The highest BCUT2D eigenvalue weighted by Gasteiger charge is 2.50. The van der Waals surface area contributed by atoms with Crippen LogP contribution in [0.1, 0.15) is 140 Å². The molecule has 0 aliphatic carbocycles. The van der Waals surface area contributed by atoms with Crippen LogP contribution in [0.5, 0.6) is 0 Å². The molecule has 2 aromatic carbocycles. The molecule has 196 valence electrons. The molecule has 0 saturated heterocycles. The Bertz CT molecular complexity index is 1100. The maximum atomic E-state index is 15.6. The molecule has 0 N–H and O–H groups in total. The van der Waals surface area contributed by atoms with Crippen LogP contribution in [0.25, 0.3) is 11.1 Å². The molecule has 0 amide bonds. The first kappa shape index (κ1) is 29.9. The summed E-state index contributed by atoms with van der Waals surface area (Å²) in [5.41, 5.74) is 11.9. The second kappa shape index (κ2) is 9.85. The number of rotatable bonds is 5. The van der Waals surface area contributed by atoms with Gasteiger partial charge in [-0.25, -0.2) is 0 Å². The molecule has 0 saturated carbocycles. The molecule has 0 heterocycles. The quantitative estimate of drug-likeness (QED) is 0.376. The van der Waals surface area contributed by atoms with Crippen LogP contribution < -0.4 is 5.30 Å². The minimum absolute atomic E-state index is 0.354. The van der Waals surface area contributed by atoms with Crippen LogP contribution in [-0.4, -0.2) is 10.3 Å². The van der Waals surface area contributed by atoms with Crippen molar-refractivity contribution in [3.63, 3.8) is 0 Å². The summed E-state index contributed by atoms with van der Waals surface area (Å²) >= 11 is 0. The summed E-state index contributed by atoms with van der Waals surface area (Å²) in [6, 6.07) is 4.87. The smallest absolute Gasteiger partial charge is 0.126 e. The first-order chi connectivity index (χ1) is 15.7. The van der Waals surface area contributed by atoms with Gasteiger partial charge in [-0.2, -0.15) is 0 Å². The molecule has 0 radical (unpaired) electrons. The molecule has 0 unspecified atom stereocenters. The second-order valence-corrected chi connectivity index (χ2v) is 18.1. The molecule has 0 bridgehead atoms. The van der Waals surface area contributed by atoms with Gasteiger partial charge >= 0.3 is 0 Å². The van der Waals surface area contributed by atoms with Crippen LogP contribution in [0.15, 0.2) is 12.1 Å². The average molecular weight is 497 g/mol. The van der Waals surface area contributed by atoms with Gasteiger partial charge in [-0.3, -0.25) is 0 Å². The first-order valence-corrected chi connectivity index (χ1v) is 15.3. The van der Waals surface area contributed by atoms with E-state index in [-0.39, 0.29) is 10.3 Å². The van der Waals surface area contributed by atoms with Gasteiger partial charge in [0.25, 0.3) is 0 Å². The van der Waals surface area contributed by atoms with Crippen molar-refractivity contribution in [2.75, 3.05) is 0 Å². The van der Waals surface area contributed by atoms with Crippen LogP contribution in [-0.2, 0) is 4.57 Å². The van der Waals surface area contributed by atoms with Crippen molar-refractivity contribution in [3.05, 3.63) is 51.1 Å². The first-order valence-electron chi connectivity index (χ1n) is 13.6. The molecule has 0 aliphatic heterocycles. The third-order valence-corrected chi connectivity index (χ3v) is 13.2. The van der Waals surface area contributed by atoms with Crippen molar-refractivity contribution in [1.29, 1.82) is 0 Å². The lowest BCUT2D eigenvalue weighted by Crippen LogP contribution is -2.37. The molecular weight excluding hydrogens is 443 g/mol. The normalized spacial score (nSPS) is 13.5. The van der Waals surface area contributed by atoms with E-state index in [2.05, 4.69) is 123 Å². The molecule has 1 nitrogen and oxygen atoms in total. The van der Waals surface area contributed by atoms with Gasteiger partial charge in [0.15, 0.2) is 0 Å². The van der Waals surface area contributed by atoms with Crippen molar-refractivity contribution in [1.82, 2.24) is 0 Å².